The van der Waals surface area contributed by atoms with Crippen LogP contribution in [0.15, 0.2) is 70.6 Å². The average Bonchev–Trinajstić information content (AvgIpc) is 3.23. The Kier molecular flexibility index (Phi) is 7.64. The van der Waals surface area contributed by atoms with Gasteiger partial charge in [-0.3, -0.25) is 14.7 Å². The van der Waals surface area contributed by atoms with Crippen LogP contribution in [0.3, 0.4) is 0 Å². The molecule has 0 saturated carbocycles. The van der Waals surface area contributed by atoms with E-state index in [4.69, 9.17) is 4.74 Å². The lowest BCUT2D eigenvalue weighted by molar-refractivity contribution is -0.119. The third kappa shape index (κ3) is 6.05. The van der Waals surface area contributed by atoms with E-state index >= 15 is 0 Å². The summed E-state index contributed by atoms with van der Waals surface area (Å²) in [5.74, 6) is 1.32. The van der Waals surface area contributed by atoms with Crippen LogP contribution < -0.4 is 15.6 Å². The average molecular weight is 478 g/mol. The summed E-state index contributed by atoms with van der Waals surface area (Å²) in [6.07, 6.45) is 1.75. The number of fused-ring (bicyclic) bond motifs is 1. The van der Waals surface area contributed by atoms with Gasteiger partial charge in [-0.05, 0) is 56.5 Å². The first-order valence-corrected chi connectivity index (χ1v) is 12.2. The molecule has 0 saturated heterocycles. The number of aromatic amines is 1. The van der Waals surface area contributed by atoms with Crippen LogP contribution in [0.25, 0.3) is 17.0 Å². The summed E-state index contributed by atoms with van der Waals surface area (Å²) >= 11 is 1.25. The molecule has 176 valence electrons. The highest BCUT2D eigenvalue weighted by atomic mass is 32.2. The lowest BCUT2D eigenvalue weighted by atomic mass is 10.1. The van der Waals surface area contributed by atoms with Gasteiger partial charge in [0.15, 0.2) is 16.6 Å². The minimum Gasteiger partial charge on any atom is -0.494 e. The number of benzene rings is 2. The molecular formula is C25H27N5O3S. The molecule has 9 heteroatoms. The first kappa shape index (κ1) is 23.6. The topological polar surface area (TPSA) is 101 Å². The normalized spacial score (nSPS) is 11.9. The van der Waals surface area contributed by atoms with Crippen molar-refractivity contribution in [3.05, 3.63) is 76.6 Å². The fourth-order valence-electron chi connectivity index (χ4n) is 3.52. The largest absolute Gasteiger partial charge is 0.494 e. The zero-order chi connectivity index (χ0) is 23.9. The summed E-state index contributed by atoms with van der Waals surface area (Å²) in [5.41, 5.74) is 2.21. The number of carbonyl (C=O) groups is 1. The number of ether oxygens (including phenoxy) is 1. The van der Waals surface area contributed by atoms with E-state index < -0.39 is 0 Å². The highest BCUT2D eigenvalue weighted by molar-refractivity contribution is 7.99. The Morgan fingerprint density at radius 3 is 2.65 bits per heavy atom. The minimum absolute atomic E-state index is 0.0459. The smallest absolute Gasteiger partial charge is 0.266 e. The first-order chi connectivity index (χ1) is 16.5. The van der Waals surface area contributed by atoms with Crippen LogP contribution in [0.2, 0.25) is 0 Å². The Morgan fingerprint density at radius 2 is 1.91 bits per heavy atom. The number of hydrogen-bond acceptors (Lipinski definition) is 6. The van der Waals surface area contributed by atoms with Gasteiger partial charge in [-0.15, -0.1) is 0 Å². The van der Waals surface area contributed by atoms with Gasteiger partial charge < -0.3 is 10.1 Å². The highest BCUT2D eigenvalue weighted by Gasteiger charge is 2.14. The van der Waals surface area contributed by atoms with Gasteiger partial charge in [0.2, 0.25) is 5.91 Å². The molecule has 0 aliphatic heterocycles. The van der Waals surface area contributed by atoms with Gasteiger partial charge in [-0.25, -0.2) is 14.5 Å². The molecule has 0 aliphatic rings. The van der Waals surface area contributed by atoms with Crippen LogP contribution >= 0.6 is 11.8 Å². The molecule has 1 atom stereocenters. The molecule has 0 spiro atoms. The Morgan fingerprint density at radius 1 is 1.15 bits per heavy atom. The van der Waals surface area contributed by atoms with Crippen LogP contribution in [0.5, 0.6) is 5.75 Å². The maximum absolute atomic E-state index is 12.6. The van der Waals surface area contributed by atoms with Crippen molar-refractivity contribution in [3.8, 4) is 17.1 Å². The second-order valence-electron chi connectivity index (χ2n) is 7.88. The van der Waals surface area contributed by atoms with Crippen molar-refractivity contribution in [2.45, 2.75) is 37.9 Å². The number of thioether (sulfide) groups is 1. The molecule has 2 N–H and O–H groups in total. The van der Waals surface area contributed by atoms with Crippen LogP contribution in [-0.4, -0.2) is 43.9 Å². The number of rotatable bonds is 10. The van der Waals surface area contributed by atoms with E-state index in [1.165, 1.54) is 27.9 Å². The van der Waals surface area contributed by atoms with E-state index in [1.54, 1.807) is 0 Å². The van der Waals surface area contributed by atoms with Crippen molar-refractivity contribution >= 4 is 23.3 Å². The molecule has 2 aromatic heterocycles. The SMILES string of the molecule is CCOc1ccc(-c2nc(SCC(=O)N[C@H](C)CCc3ccccc3)n3[nH]c(=O)cc3n2)cc1. The third-order valence-corrected chi connectivity index (χ3v) is 6.14. The molecule has 4 aromatic rings. The van der Waals surface area contributed by atoms with Gasteiger partial charge in [0, 0.05) is 17.7 Å². The summed E-state index contributed by atoms with van der Waals surface area (Å²) in [4.78, 5) is 33.6. The van der Waals surface area contributed by atoms with Crippen LogP contribution in [0.4, 0.5) is 0 Å². The highest BCUT2D eigenvalue weighted by Crippen LogP contribution is 2.23. The monoisotopic (exact) mass is 477 g/mol. The molecule has 0 unspecified atom stereocenters. The van der Waals surface area contributed by atoms with E-state index in [9.17, 15) is 9.59 Å². The Balaban J connectivity index is 1.43. The van der Waals surface area contributed by atoms with Crippen molar-refractivity contribution in [3.63, 3.8) is 0 Å². The fourth-order valence-corrected chi connectivity index (χ4v) is 4.29. The summed E-state index contributed by atoms with van der Waals surface area (Å²) in [6.45, 7) is 4.52. The number of H-pyrrole nitrogens is 1. The molecule has 1 amide bonds. The fraction of sp³-hybridized carbons (Fsp3) is 0.280. The van der Waals surface area contributed by atoms with Crippen molar-refractivity contribution in [2.75, 3.05) is 12.4 Å². The molecular weight excluding hydrogens is 450 g/mol. The molecule has 0 radical (unpaired) electrons. The third-order valence-electron chi connectivity index (χ3n) is 5.20. The minimum atomic E-state index is -0.279. The molecule has 4 rings (SSSR count). The van der Waals surface area contributed by atoms with Gasteiger partial charge in [-0.2, -0.15) is 0 Å². The van der Waals surface area contributed by atoms with Gasteiger partial charge in [-0.1, -0.05) is 42.1 Å². The summed E-state index contributed by atoms with van der Waals surface area (Å²) in [6, 6.07) is 19.1. The maximum Gasteiger partial charge on any atom is 0.266 e. The molecule has 8 nitrogen and oxygen atoms in total. The lowest BCUT2D eigenvalue weighted by Gasteiger charge is -2.14. The van der Waals surface area contributed by atoms with E-state index in [2.05, 4.69) is 32.5 Å². The van der Waals surface area contributed by atoms with Crippen LogP contribution in [0, 0.1) is 0 Å². The van der Waals surface area contributed by atoms with E-state index in [-0.39, 0.29) is 23.3 Å². The first-order valence-electron chi connectivity index (χ1n) is 11.2. The van der Waals surface area contributed by atoms with Gasteiger partial charge in [0.1, 0.15) is 5.75 Å². The van der Waals surface area contributed by atoms with Crippen molar-refractivity contribution < 1.29 is 9.53 Å². The second-order valence-corrected chi connectivity index (χ2v) is 8.83. The standard InChI is InChI=1S/C25H27N5O3S/c1-3-33-20-13-11-19(12-14-20)24-27-21-15-22(31)29-30(21)25(28-24)34-16-23(32)26-17(2)9-10-18-7-5-4-6-8-18/h4-8,11-15,17H,3,9-10,16H2,1-2H3,(H,26,32)(H,29,31)/t17-/m1/s1. The Bertz CT molecular complexity index is 1300. The van der Waals surface area contributed by atoms with Crippen molar-refractivity contribution in [1.29, 1.82) is 0 Å². The number of aromatic nitrogens is 4. The van der Waals surface area contributed by atoms with Crippen LogP contribution in [0.1, 0.15) is 25.8 Å². The molecule has 2 heterocycles. The Hall–Kier alpha value is -3.59. The number of nitrogens with zero attached hydrogens (tertiary/aromatic N) is 3. The van der Waals surface area contributed by atoms with Crippen molar-refractivity contribution in [1.82, 2.24) is 24.9 Å². The molecule has 0 bridgehead atoms. The molecule has 34 heavy (non-hydrogen) atoms. The predicted octanol–water partition coefficient (Wildman–Crippen LogP) is 3.71. The number of hydrogen-bond donors (Lipinski definition) is 2. The van der Waals surface area contributed by atoms with E-state index in [1.807, 2.05) is 56.3 Å². The number of aryl methyl sites for hydroxylation is 1. The zero-order valence-corrected chi connectivity index (χ0v) is 20.0. The maximum atomic E-state index is 12.6. The quantitative estimate of drug-likeness (QED) is 0.338. The van der Waals surface area contributed by atoms with Gasteiger partial charge >= 0.3 is 0 Å². The molecule has 0 fully saturated rings. The predicted molar refractivity (Wildman–Crippen MR) is 133 cm³/mol. The van der Waals surface area contributed by atoms with Gasteiger partial charge in [0.05, 0.1) is 12.4 Å². The van der Waals surface area contributed by atoms with E-state index in [0.29, 0.717) is 23.2 Å². The number of amides is 1. The molecule has 0 aliphatic carbocycles. The number of nitrogens with one attached hydrogen (secondary N) is 2. The lowest BCUT2D eigenvalue weighted by Crippen LogP contribution is -2.34. The molecule has 2 aromatic carbocycles. The van der Waals surface area contributed by atoms with Gasteiger partial charge in [0.25, 0.3) is 5.56 Å². The summed E-state index contributed by atoms with van der Waals surface area (Å²) in [7, 11) is 0. The van der Waals surface area contributed by atoms with Crippen molar-refractivity contribution in [2.24, 2.45) is 0 Å². The summed E-state index contributed by atoms with van der Waals surface area (Å²) in [5, 5.41) is 6.23. The second kappa shape index (κ2) is 11.0. The Labute approximate surface area is 201 Å². The number of carbonyl (C=O) groups excluding carboxylic acids is 1. The summed E-state index contributed by atoms with van der Waals surface area (Å²) < 4.78 is 7.00. The van der Waals surface area contributed by atoms with E-state index in [0.717, 1.165) is 24.2 Å². The zero-order valence-electron chi connectivity index (χ0n) is 19.2. The van der Waals surface area contributed by atoms with Crippen LogP contribution in [-0.2, 0) is 11.2 Å².